The maximum Gasteiger partial charge on any atom is 0.407 e. The first-order chi connectivity index (χ1) is 10.8. The maximum absolute atomic E-state index is 11.7. The van der Waals surface area contributed by atoms with Crippen molar-refractivity contribution in [3.8, 4) is 0 Å². The van der Waals surface area contributed by atoms with Crippen molar-refractivity contribution in [3.63, 3.8) is 0 Å². The van der Waals surface area contributed by atoms with Gasteiger partial charge >= 0.3 is 6.09 Å². The Morgan fingerprint density at radius 1 is 1.39 bits per heavy atom. The van der Waals surface area contributed by atoms with Crippen LogP contribution in [0.15, 0.2) is 30.3 Å². The Balaban J connectivity index is 1.83. The van der Waals surface area contributed by atoms with Crippen LogP contribution in [-0.2, 0) is 11.3 Å². The first-order valence-electron chi connectivity index (χ1n) is 8.35. The van der Waals surface area contributed by atoms with E-state index in [0.717, 1.165) is 25.9 Å². The normalized spacial score (nSPS) is 20.3. The van der Waals surface area contributed by atoms with Gasteiger partial charge in [0.25, 0.3) is 0 Å². The van der Waals surface area contributed by atoms with Crippen LogP contribution in [-0.4, -0.2) is 41.8 Å². The van der Waals surface area contributed by atoms with Crippen LogP contribution < -0.4 is 11.1 Å². The number of likely N-dealkylation sites (tertiary alicyclic amines) is 1. The van der Waals surface area contributed by atoms with E-state index in [-0.39, 0.29) is 6.04 Å². The van der Waals surface area contributed by atoms with Gasteiger partial charge in [0.2, 0.25) is 0 Å². The lowest BCUT2D eigenvalue weighted by Crippen LogP contribution is -2.50. The minimum Gasteiger partial charge on any atom is -0.444 e. The van der Waals surface area contributed by atoms with E-state index >= 15 is 0 Å². The number of nitrogens with one attached hydrogen (secondary N) is 1. The fourth-order valence-corrected chi connectivity index (χ4v) is 3.00. The van der Waals surface area contributed by atoms with Crippen LogP contribution in [0.25, 0.3) is 0 Å². The van der Waals surface area contributed by atoms with Crippen molar-refractivity contribution in [2.75, 3.05) is 13.1 Å². The number of benzene rings is 1. The van der Waals surface area contributed by atoms with E-state index < -0.39 is 11.7 Å². The Morgan fingerprint density at radius 2 is 2.09 bits per heavy atom. The summed E-state index contributed by atoms with van der Waals surface area (Å²) in [6, 6.07) is 10.6. The third-order valence-corrected chi connectivity index (χ3v) is 4.02. The van der Waals surface area contributed by atoms with Gasteiger partial charge in [0.1, 0.15) is 5.60 Å². The number of nitrogens with two attached hydrogens (primary N) is 1. The van der Waals surface area contributed by atoms with Gasteiger partial charge in [-0.2, -0.15) is 0 Å². The van der Waals surface area contributed by atoms with Crippen LogP contribution in [0.1, 0.15) is 39.2 Å². The van der Waals surface area contributed by atoms with Crippen LogP contribution in [0, 0.1) is 0 Å². The van der Waals surface area contributed by atoms with Crippen molar-refractivity contribution in [1.29, 1.82) is 0 Å². The molecule has 1 aliphatic rings. The van der Waals surface area contributed by atoms with Crippen molar-refractivity contribution in [1.82, 2.24) is 10.2 Å². The fraction of sp³-hybridized carbons (Fsp3) is 0.611. The van der Waals surface area contributed by atoms with E-state index in [9.17, 15) is 4.79 Å². The summed E-state index contributed by atoms with van der Waals surface area (Å²) in [5.41, 5.74) is 7.14. The number of hydrogen-bond donors (Lipinski definition) is 2. The first kappa shape index (κ1) is 17.8. The first-order valence-corrected chi connectivity index (χ1v) is 8.35. The maximum atomic E-state index is 11.7. The SMILES string of the molecule is CC(C)(C)OC(=O)NCC(N)C1CCCN1Cc1ccccc1. The minimum absolute atomic E-state index is 0.0891. The highest BCUT2D eigenvalue weighted by Crippen LogP contribution is 2.21. The Bertz CT molecular complexity index is 499. The molecular weight excluding hydrogens is 290 g/mol. The lowest BCUT2D eigenvalue weighted by Gasteiger charge is -2.30. The summed E-state index contributed by atoms with van der Waals surface area (Å²) in [6.45, 7) is 7.96. The minimum atomic E-state index is -0.485. The molecule has 2 unspecified atom stereocenters. The van der Waals surface area contributed by atoms with Gasteiger partial charge in [-0.05, 0) is 45.7 Å². The summed E-state index contributed by atoms with van der Waals surface area (Å²) in [6.07, 6.45) is 1.82. The molecule has 2 atom stereocenters. The zero-order valence-corrected chi connectivity index (χ0v) is 14.4. The number of hydrogen-bond acceptors (Lipinski definition) is 4. The summed E-state index contributed by atoms with van der Waals surface area (Å²) < 4.78 is 5.25. The standard InChI is InChI=1S/C18H29N3O2/c1-18(2,3)23-17(22)20-12-15(19)16-10-7-11-21(16)13-14-8-5-4-6-9-14/h4-6,8-9,15-16H,7,10-13,19H2,1-3H3,(H,20,22). The van der Waals surface area contributed by atoms with Crippen LogP contribution in [0.5, 0.6) is 0 Å². The third kappa shape index (κ3) is 5.84. The van der Waals surface area contributed by atoms with Gasteiger partial charge in [-0.25, -0.2) is 4.79 Å². The fourth-order valence-electron chi connectivity index (χ4n) is 3.00. The number of carbonyl (C=O) groups is 1. The second kappa shape index (κ2) is 7.79. The van der Waals surface area contributed by atoms with Crippen LogP contribution in [0.3, 0.4) is 0 Å². The Hall–Kier alpha value is -1.59. The van der Waals surface area contributed by atoms with Crippen LogP contribution >= 0.6 is 0 Å². The molecule has 23 heavy (non-hydrogen) atoms. The van der Waals surface area contributed by atoms with Crippen molar-refractivity contribution >= 4 is 6.09 Å². The average molecular weight is 319 g/mol. The molecule has 1 saturated heterocycles. The van der Waals surface area contributed by atoms with Crippen molar-refractivity contribution in [3.05, 3.63) is 35.9 Å². The highest BCUT2D eigenvalue weighted by atomic mass is 16.6. The predicted octanol–water partition coefficient (Wildman–Crippen LogP) is 2.50. The Kier molecular flexibility index (Phi) is 6.02. The number of ether oxygens (including phenoxy) is 1. The highest BCUT2D eigenvalue weighted by molar-refractivity contribution is 5.67. The molecule has 0 aromatic heterocycles. The van der Waals surface area contributed by atoms with Crippen molar-refractivity contribution in [2.45, 2.75) is 57.8 Å². The molecule has 1 aliphatic heterocycles. The molecule has 1 aromatic carbocycles. The summed E-state index contributed by atoms with van der Waals surface area (Å²) >= 11 is 0. The third-order valence-electron chi connectivity index (χ3n) is 4.02. The molecule has 5 nitrogen and oxygen atoms in total. The Morgan fingerprint density at radius 3 is 2.74 bits per heavy atom. The van der Waals surface area contributed by atoms with E-state index in [1.807, 2.05) is 26.8 Å². The van der Waals surface area contributed by atoms with Gasteiger partial charge in [0, 0.05) is 25.2 Å². The quantitative estimate of drug-likeness (QED) is 0.875. The zero-order valence-electron chi connectivity index (χ0n) is 14.4. The van der Waals surface area contributed by atoms with E-state index in [0.29, 0.717) is 12.6 Å². The molecule has 0 radical (unpaired) electrons. The summed E-state index contributed by atoms with van der Waals surface area (Å²) in [7, 11) is 0. The lowest BCUT2D eigenvalue weighted by atomic mass is 10.1. The number of amides is 1. The Labute approximate surface area is 139 Å². The molecule has 3 N–H and O–H groups in total. The smallest absolute Gasteiger partial charge is 0.407 e. The average Bonchev–Trinajstić information content (AvgIpc) is 2.92. The number of nitrogens with zero attached hydrogens (tertiary/aromatic N) is 1. The summed E-state index contributed by atoms with van der Waals surface area (Å²) in [4.78, 5) is 14.2. The van der Waals surface area contributed by atoms with E-state index in [1.54, 1.807) is 0 Å². The molecule has 1 fully saturated rings. The van der Waals surface area contributed by atoms with Crippen LogP contribution in [0.2, 0.25) is 0 Å². The molecule has 1 amide bonds. The number of rotatable bonds is 5. The van der Waals surface area contributed by atoms with Crippen molar-refractivity contribution < 1.29 is 9.53 Å². The van der Waals surface area contributed by atoms with Gasteiger partial charge < -0.3 is 15.8 Å². The van der Waals surface area contributed by atoms with Gasteiger partial charge in [0.15, 0.2) is 0 Å². The molecule has 1 aromatic rings. The molecule has 0 bridgehead atoms. The van der Waals surface area contributed by atoms with Gasteiger partial charge in [-0.1, -0.05) is 30.3 Å². The largest absolute Gasteiger partial charge is 0.444 e. The van der Waals surface area contributed by atoms with E-state index in [1.165, 1.54) is 5.56 Å². The van der Waals surface area contributed by atoms with E-state index in [2.05, 4.69) is 34.5 Å². The highest BCUT2D eigenvalue weighted by Gasteiger charge is 2.30. The molecule has 128 valence electrons. The number of alkyl carbamates (subject to hydrolysis) is 1. The van der Waals surface area contributed by atoms with E-state index in [4.69, 9.17) is 10.5 Å². The predicted molar refractivity (Wildman–Crippen MR) is 92.1 cm³/mol. The van der Waals surface area contributed by atoms with Crippen LogP contribution in [0.4, 0.5) is 4.79 Å². The van der Waals surface area contributed by atoms with Gasteiger partial charge in [0.05, 0.1) is 0 Å². The summed E-state index contributed by atoms with van der Waals surface area (Å²) in [5, 5.41) is 2.79. The molecule has 0 spiro atoms. The molecule has 2 rings (SSSR count). The molecule has 0 saturated carbocycles. The zero-order chi connectivity index (χ0) is 16.9. The molecule has 1 heterocycles. The number of carbonyl (C=O) groups excluding carboxylic acids is 1. The molecule has 5 heteroatoms. The summed E-state index contributed by atoms with van der Waals surface area (Å²) in [5.74, 6) is 0. The van der Waals surface area contributed by atoms with Gasteiger partial charge in [-0.15, -0.1) is 0 Å². The topological polar surface area (TPSA) is 67.6 Å². The van der Waals surface area contributed by atoms with Gasteiger partial charge in [-0.3, -0.25) is 4.90 Å². The lowest BCUT2D eigenvalue weighted by molar-refractivity contribution is 0.0518. The monoisotopic (exact) mass is 319 g/mol. The second-order valence-corrected chi connectivity index (χ2v) is 7.21. The molecule has 0 aliphatic carbocycles. The second-order valence-electron chi connectivity index (χ2n) is 7.21. The van der Waals surface area contributed by atoms with Crippen molar-refractivity contribution in [2.24, 2.45) is 5.73 Å². The molecular formula is C18H29N3O2.